The number of fused-ring (bicyclic) bond motifs is 4. The Labute approximate surface area is 596 Å². The summed E-state index contributed by atoms with van der Waals surface area (Å²) in [4.78, 5) is 24.7. The molecule has 0 saturated carbocycles. The van der Waals surface area contributed by atoms with E-state index in [1.807, 2.05) is 92.0 Å². The smallest absolute Gasteiger partial charge is 0.399 e. The largest absolute Gasteiger partial charge is 0.497 e. The molecule has 1 fully saturated rings. The van der Waals surface area contributed by atoms with Crippen molar-refractivity contribution in [1.82, 2.24) is 44.0 Å². The van der Waals surface area contributed by atoms with E-state index in [2.05, 4.69) is 108 Å². The zero-order valence-corrected chi connectivity index (χ0v) is 60.7. The van der Waals surface area contributed by atoms with Gasteiger partial charge in [-0.05, 0) is 153 Å². The van der Waals surface area contributed by atoms with Crippen molar-refractivity contribution in [3.8, 4) is 0 Å². The van der Waals surface area contributed by atoms with Gasteiger partial charge >= 0.3 is 31.3 Å². The van der Waals surface area contributed by atoms with Crippen molar-refractivity contribution in [2.24, 2.45) is 28.2 Å². The molecule has 0 unspecified atom stereocenters. The van der Waals surface area contributed by atoms with Crippen molar-refractivity contribution in [2.45, 2.75) is 199 Å². The van der Waals surface area contributed by atoms with Crippen LogP contribution in [0, 0.1) is 0 Å². The highest BCUT2D eigenvalue weighted by Crippen LogP contribution is 2.38. The fourth-order valence-corrected chi connectivity index (χ4v) is 11.6. The Morgan fingerprint density at radius 3 is 1.28 bits per heavy atom. The number of benzene rings is 4. The predicted octanol–water partition coefficient (Wildman–Crippen LogP) is 19.7. The van der Waals surface area contributed by atoms with E-state index in [1.165, 1.54) is 35.5 Å². The van der Waals surface area contributed by atoms with Crippen LogP contribution in [-0.2, 0) is 59.9 Å². The number of aromatic nitrogens is 8. The fourth-order valence-electron chi connectivity index (χ4n) is 9.74. The van der Waals surface area contributed by atoms with E-state index < -0.39 is 80.6 Å². The maximum atomic E-state index is 12.6. The Morgan fingerprint density at radius 1 is 0.545 bits per heavy atom. The first-order chi connectivity index (χ1) is 44.5. The van der Waals surface area contributed by atoms with Crippen LogP contribution in [0.3, 0.4) is 0 Å². The highest BCUT2D eigenvalue weighted by atomic mass is 79.9. The summed E-state index contributed by atoms with van der Waals surface area (Å²) in [6.07, 6.45) is -19.8. The average Bonchev–Trinajstić information content (AvgIpc) is 1.61. The van der Waals surface area contributed by atoms with Crippen LogP contribution >= 0.6 is 47.8 Å². The van der Waals surface area contributed by atoms with Gasteiger partial charge in [-0.3, -0.25) is 38.1 Å². The molecule has 0 bridgehead atoms. The van der Waals surface area contributed by atoms with Crippen LogP contribution in [-0.4, -0.2) is 137 Å². The van der Waals surface area contributed by atoms with Crippen molar-refractivity contribution >= 4 is 127 Å². The van der Waals surface area contributed by atoms with E-state index in [-0.39, 0.29) is 64.1 Å². The Bertz CT molecular complexity index is 3760. The van der Waals surface area contributed by atoms with E-state index in [1.54, 1.807) is 46.0 Å². The molecule has 558 valence electrons. The third-order valence-corrected chi connectivity index (χ3v) is 16.7. The van der Waals surface area contributed by atoms with Gasteiger partial charge in [0.2, 0.25) is 19.3 Å². The van der Waals surface area contributed by atoms with Crippen LogP contribution in [0.2, 0.25) is 0 Å². The van der Waals surface area contributed by atoms with Gasteiger partial charge in [0.05, 0.1) is 51.2 Å². The van der Waals surface area contributed by atoms with Crippen molar-refractivity contribution in [1.29, 1.82) is 0 Å². The van der Waals surface area contributed by atoms with Gasteiger partial charge in [-0.15, -0.1) is 0 Å². The van der Waals surface area contributed by atoms with Crippen LogP contribution in [0.25, 0.3) is 43.6 Å². The zero-order valence-electron chi connectivity index (χ0n) is 55.9. The lowest BCUT2D eigenvalue weighted by Gasteiger charge is -2.32. The first kappa shape index (κ1) is 93.1. The lowest BCUT2D eigenvalue weighted by atomic mass is 9.77. The van der Waals surface area contributed by atoms with E-state index >= 15 is 0 Å². The molecular formula is C66H93BBr3F14N11O4. The Morgan fingerprint density at radius 2 is 0.909 bits per heavy atom. The normalized spacial score (nSPS) is 13.1. The molecule has 1 aliphatic heterocycles. The number of carbonyl (C=O) groups excluding carboxylic acids is 2. The van der Waals surface area contributed by atoms with Gasteiger partial charge in [-0.2, -0.15) is 46.7 Å². The number of hydrogen-bond acceptors (Lipinski definition) is 9. The number of alkyl halides is 14. The predicted molar refractivity (Wildman–Crippen MR) is 380 cm³/mol. The second-order valence-corrected chi connectivity index (χ2v) is 25.3. The fraction of sp³-hybridized carbons (Fsp3) is 0.545. The summed E-state index contributed by atoms with van der Waals surface area (Å²) in [5.74, 6) is -4.99. The minimum absolute atomic E-state index is 0. The molecule has 9 rings (SSSR count). The van der Waals surface area contributed by atoms with Gasteiger partial charge in [0.1, 0.15) is 0 Å². The number of para-hydroxylation sites is 4. The number of hydrogen-bond donors (Lipinski definition) is 1. The Balaban J connectivity index is 0.00000120. The third kappa shape index (κ3) is 25.5. The molecule has 8 aromatic rings. The highest BCUT2D eigenvalue weighted by Gasteiger charge is 2.52. The van der Waals surface area contributed by atoms with E-state index in [0.29, 0.717) is 49.6 Å². The molecule has 4 aromatic heterocycles. The summed E-state index contributed by atoms with van der Waals surface area (Å²) in [7, 11) is 6.16. The molecular weight excluding hydrogens is 1530 g/mol. The van der Waals surface area contributed by atoms with Gasteiger partial charge in [-0.1, -0.05) is 92.4 Å². The molecule has 0 atom stereocenters. The molecule has 0 radical (unpaired) electrons. The number of nitrogens with one attached hydrogen (secondary N) is 1. The van der Waals surface area contributed by atoms with Crippen LogP contribution in [0.15, 0.2) is 86.2 Å². The minimum atomic E-state index is -5.27. The van der Waals surface area contributed by atoms with Gasteiger partial charge < -0.3 is 14.6 Å². The monoisotopic (exact) mass is 1620 g/mol. The summed E-state index contributed by atoms with van der Waals surface area (Å²) in [5.41, 5.74) is 4.26. The number of nitrogens with zero attached hydrogens (tertiary/aromatic N) is 10. The SMILES string of the molecule is C.C.C.CC.CCC(F)F.CCN(C(C)C)C(C)C.Cn1nc(CCC(F)F)c2cccc(B3OC(C)(C)C(C)(C)O3)c21.Cn1nc(CCC(F)F)c2cccc(Br)c21.Cn1nc(N(CC(F)F)C(=O)C(F)(F)F)c2cccc(Br)c21.Cn1nc(NC(=O)C(F)(F)F)c2cccc(Br)c21. The maximum Gasteiger partial charge on any atom is 0.497 e. The second-order valence-electron chi connectivity index (χ2n) is 22.7. The van der Waals surface area contributed by atoms with Crippen LogP contribution in [0.1, 0.15) is 136 Å². The number of carbonyl (C=O) groups is 2. The van der Waals surface area contributed by atoms with Crippen molar-refractivity contribution in [2.75, 3.05) is 23.3 Å². The number of amides is 2. The third-order valence-electron chi connectivity index (χ3n) is 14.7. The first-order valence-electron chi connectivity index (χ1n) is 30.3. The molecule has 0 aliphatic carbocycles. The molecule has 15 nitrogen and oxygen atoms in total. The first-order valence-corrected chi connectivity index (χ1v) is 32.7. The Hall–Kier alpha value is -5.90. The number of anilines is 2. The van der Waals surface area contributed by atoms with Gasteiger partial charge in [0.15, 0.2) is 11.6 Å². The highest BCUT2D eigenvalue weighted by molar-refractivity contribution is 9.11. The van der Waals surface area contributed by atoms with E-state index in [9.17, 15) is 71.1 Å². The second kappa shape index (κ2) is 40.7. The molecule has 0 spiro atoms. The van der Waals surface area contributed by atoms with Crippen molar-refractivity contribution in [3.63, 3.8) is 0 Å². The number of halogens is 17. The molecule has 1 N–H and O–H groups in total. The molecule has 33 heteroatoms. The van der Waals surface area contributed by atoms with Crippen molar-refractivity contribution in [3.05, 3.63) is 97.6 Å². The molecule has 1 aliphatic rings. The number of aryl methyl sites for hydroxylation is 6. The summed E-state index contributed by atoms with van der Waals surface area (Å²) in [6.45, 7) is 24.4. The lowest BCUT2D eigenvalue weighted by molar-refractivity contribution is -0.170. The van der Waals surface area contributed by atoms with Gasteiger partial charge in [-0.25, -0.2) is 35.1 Å². The lowest BCUT2D eigenvalue weighted by Crippen LogP contribution is -2.44. The van der Waals surface area contributed by atoms with Crippen molar-refractivity contribution < 1.29 is 80.4 Å². The van der Waals surface area contributed by atoms with E-state index in [4.69, 9.17) is 9.31 Å². The zero-order chi connectivity index (χ0) is 73.3. The van der Waals surface area contributed by atoms with Crippen LogP contribution < -0.4 is 15.7 Å². The maximum absolute atomic E-state index is 12.6. The molecule has 4 aromatic carbocycles. The van der Waals surface area contributed by atoms with Crippen LogP contribution in [0.4, 0.5) is 73.1 Å². The summed E-state index contributed by atoms with van der Waals surface area (Å²) >= 11 is 9.91. The molecule has 5 heterocycles. The average molecular weight is 1620 g/mol. The summed E-state index contributed by atoms with van der Waals surface area (Å²) in [5, 5.41) is 20.5. The standard InChI is InChI=1S/C17H23BF2N2O2.C12H9BrF5N3O.C11H11BrF2N2.C10H7BrF3N3O.C8H19N.C3H6F2.C2H6.3CH4/c1-16(2)17(3,4)24-18(23-16)12-8-6-7-11-13(9-10-14(19)20)21-22(5)15(11)12;1-20-9-6(3-2-4-7(9)13)10(19-20)21(5-8(14)15)11(22)12(16,17)18;1-16-11-7(3-2-4-8(11)12)9(15-16)5-6-10(13)14;1-17-7-5(3-2-4-6(7)11)8(16-17)15-9(18)10(12,13)14;1-6-9(7(2)3)8(4)5;1-2-3(4)5;1-2;;;/h6-8,14H,9-10H2,1-5H3;2-4,8H,5H2,1H3;2-4,10H,5-6H2,1H3;2-4H,1H3,(H,15,16,18);7-8H,6H2,1-5H3;3H,2H2,1H3;1-2H3;3*1H4. The molecule has 2 amide bonds. The summed E-state index contributed by atoms with van der Waals surface area (Å²) < 4.78 is 191. The van der Waals surface area contributed by atoms with Gasteiger partial charge in [0.25, 0.3) is 6.43 Å². The molecule has 1 saturated heterocycles. The quantitative estimate of drug-likeness (QED) is 0.0784. The van der Waals surface area contributed by atoms with Crippen LogP contribution in [0.5, 0.6) is 0 Å². The minimum Gasteiger partial charge on any atom is -0.399 e. The summed E-state index contributed by atoms with van der Waals surface area (Å²) in [6, 6.07) is 22.4. The van der Waals surface area contributed by atoms with Gasteiger partial charge in [0, 0.05) is 100.0 Å². The van der Waals surface area contributed by atoms with E-state index in [0.717, 1.165) is 44.0 Å². The molecule has 99 heavy (non-hydrogen) atoms. The number of rotatable bonds is 15. The topological polar surface area (TPSA) is 142 Å². The Kier molecular flexibility index (Phi) is 38.2.